The Bertz CT molecular complexity index is 1050. The lowest BCUT2D eigenvalue weighted by molar-refractivity contribution is 0.0391. The predicted octanol–water partition coefficient (Wildman–Crippen LogP) is 3.24. The molecule has 0 radical (unpaired) electrons. The van der Waals surface area contributed by atoms with Crippen LogP contribution in [0.3, 0.4) is 0 Å². The van der Waals surface area contributed by atoms with Crippen molar-refractivity contribution >= 4 is 22.7 Å². The molecule has 0 fully saturated rings. The van der Waals surface area contributed by atoms with Gasteiger partial charge in [-0.2, -0.15) is 0 Å². The van der Waals surface area contributed by atoms with Gasteiger partial charge in [-0.25, -0.2) is 9.59 Å². The zero-order chi connectivity index (χ0) is 17.7. The molecule has 0 spiro atoms. The lowest BCUT2D eigenvalue weighted by Gasteiger charge is -2.20. The minimum atomic E-state index is -0.816. The van der Waals surface area contributed by atoms with E-state index in [0.29, 0.717) is 16.3 Å². The van der Waals surface area contributed by atoms with Gasteiger partial charge in [-0.1, -0.05) is 18.2 Å². The first-order valence-corrected chi connectivity index (χ1v) is 7.44. The Kier molecular flexibility index (Phi) is 3.15. The molecule has 25 heavy (non-hydrogen) atoms. The van der Waals surface area contributed by atoms with E-state index in [4.69, 9.17) is 9.47 Å². The number of esters is 2. The average Bonchev–Trinajstić information content (AvgIpc) is 2.60. The van der Waals surface area contributed by atoms with E-state index < -0.39 is 11.9 Å². The number of hydrogen-bond donors (Lipinski definition) is 2. The third-order valence-electron chi connectivity index (χ3n) is 4.22. The van der Waals surface area contributed by atoms with E-state index in [1.165, 1.54) is 25.3 Å². The summed E-state index contributed by atoms with van der Waals surface area (Å²) in [5.74, 6) is -1.52. The summed E-state index contributed by atoms with van der Waals surface area (Å²) in [6, 6.07) is 10.9. The van der Waals surface area contributed by atoms with Crippen molar-refractivity contribution in [1.29, 1.82) is 0 Å². The first kappa shape index (κ1) is 15.0. The molecule has 6 nitrogen and oxygen atoms in total. The molecule has 0 unspecified atom stereocenters. The molecule has 0 bridgehead atoms. The molecular weight excluding hydrogens is 324 g/mol. The number of carbonyl (C=O) groups excluding carboxylic acids is 2. The fraction of sp³-hybridized carbons (Fsp3) is 0.0526. The number of phenolic OH excluding ortho intramolecular Hbond substituents is 2. The standard InChI is InChI=1S/C19H12O6/c1-24-17-14(21)8-13-15-12(18(22)25-19(13)23)7-6-11(16(15)17)9-2-4-10(20)5-3-9/h2-8,20-21H,1H3. The van der Waals surface area contributed by atoms with E-state index in [1.54, 1.807) is 24.3 Å². The van der Waals surface area contributed by atoms with Crippen LogP contribution in [0.5, 0.6) is 17.2 Å². The smallest absolute Gasteiger partial charge is 0.346 e. The number of phenols is 2. The van der Waals surface area contributed by atoms with Crippen LogP contribution in [0, 0.1) is 0 Å². The van der Waals surface area contributed by atoms with Crippen molar-refractivity contribution in [2.24, 2.45) is 0 Å². The molecule has 0 saturated carbocycles. The van der Waals surface area contributed by atoms with Crippen molar-refractivity contribution in [3.63, 3.8) is 0 Å². The Morgan fingerprint density at radius 3 is 2.16 bits per heavy atom. The minimum absolute atomic E-state index is 0.100. The second-order valence-corrected chi connectivity index (χ2v) is 5.61. The van der Waals surface area contributed by atoms with Crippen LogP contribution in [-0.4, -0.2) is 29.3 Å². The molecule has 3 aromatic rings. The minimum Gasteiger partial charge on any atom is -0.508 e. The van der Waals surface area contributed by atoms with Crippen LogP contribution in [0.15, 0.2) is 42.5 Å². The Hall–Kier alpha value is -3.54. The highest BCUT2D eigenvalue weighted by molar-refractivity contribution is 6.24. The van der Waals surface area contributed by atoms with Gasteiger partial charge in [0, 0.05) is 10.8 Å². The van der Waals surface area contributed by atoms with Crippen LogP contribution in [-0.2, 0) is 4.74 Å². The van der Waals surface area contributed by atoms with Gasteiger partial charge in [0.25, 0.3) is 0 Å². The van der Waals surface area contributed by atoms with Gasteiger partial charge in [0.05, 0.1) is 18.2 Å². The zero-order valence-electron chi connectivity index (χ0n) is 13.1. The SMILES string of the molecule is COc1c(O)cc2c3c(ccc(-c4ccc(O)cc4)c13)C(=O)OC2=O. The van der Waals surface area contributed by atoms with Crippen molar-refractivity contribution in [2.75, 3.05) is 7.11 Å². The second kappa shape index (κ2) is 5.24. The highest BCUT2D eigenvalue weighted by Gasteiger charge is 2.31. The molecule has 3 aromatic carbocycles. The maximum atomic E-state index is 12.1. The van der Waals surface area contributed by atoms with Gasteiger partial charge in [-0.15, -0.1) is 0 Å². The predicted molar refractivity (Wildman–Crippen MR) is 89.0 cm³/mol. The van der Waals surface area contributed by atoms with E-state index in [-0.39, 0.29) is 28.4 Å². The quantitative estimate of drug-likeness (QED) is 0.551. The van der Waals surface area contributed by atoms with Gasteiger partial charge in [0.1, 0.15) is 5.75 Å². The molecule has 124 valence electrons. The second-order valence-electron chi connectivity index (χ2n) is 5.61. The van der Waals surface area contributed by atoms with E-state index in [0.717, 1.165) is 5.56 Å². The fourth-order valence-corrected chi connectivity index (χ4v) is 3.13. The number of cyclic esters (lactones) is 2. The third-order valence-corrected chi connectivity index (χ3v) is 4.22. The number of benzene rings is 3. The number of aromatic hydroxyl groups is 2. The Morgan fingerprint density at radius 2 is 1.48 bits per heavy atom. The lowest BCUT2D eigenvalue weighted by atomic mass is 9.90. The summed E-state index contributed by atoms with van der Waals surface area (Å²) in [4.78, 5) is 24.2. The first-order valence-electron chi connectivity index (χ1n) is 7.44. The summed E-state index contributed by atoms with van der Waals surface area (Å²) in [6.45, 7) is 0. The first-order chi connectivity index (χ1) is 12.0. The van der Waals surface area contributed by atoms with E-state index in [9.17, 15) is 19.8 Å². The molecule has 2 N–H and O–H groups in total. The maximum absolute atomic E-state index is 12.1. The average molecular weight is 336 g/mol. The molecule has 1 aliphatic heterocycles. The molecule has 0 aliphatic carbocycles. The van der Waals surface area contributed by atoms with Crippen LogP contribution in [0.1, 0.15) is 20.7 Å². The maximum Gasteiger partial charge on any atom is 0.346 e. The fourth-order valence-electron chi connectivity index (χ4n) is 3.13. The van der Waals surface area contributed by atoms with Gasteiger partial charge < -0.3 is 19.7 Å². The zero-order valence-corrected chi connectivity index (χ0v) is 13.1. The van der Waals surface area contributed by atoms with Gasteiger partial charge in [0.15, 0.2) is 11.5 Å². The van der Waals surface area contributed by atoms with Gasteiger partial charge in [-0.05, 0) is 35.4 Å². The van der Waals surface area contributed by atoms with Crippen LogP contribution < -0.4 is 4.74 Å². The third kappa shape index (κ3) is 2.11. The largest absolute Gasteiger partial charge is 0.508 e. The van der Waals surface area contributed by atoms with E-state index in [2.05, 4.69) is 0 Å². The number of carbonyl (C=O) groups is 2. The monoisotopic (exact) mass is 336 g/mol. The summed E-state index contributed by atoms with van der Waals surface area (Å²) in [7, 11) is 1.40. The summed E-state index contributed by atoms with van der Waals surface area (Å²) in [6.07, 6.45) is 0. The van der Waals surface area contributed by atoms with E-state index >= 15 is 0 Å². The molecule has 0 atom stereocenters. The highest BCUT2D eigenvalue weighted by atomic mass is 16.6. The van der Waals surface area contributed by atoms with Gasteiger partial charge >= 0.3 is 11.9 Å². The highest BCUT2D eigenvalue weighted by Crippen LogP contribution is 2.45. The van der Waals surface area contributed by atoms with Crippen molar-refractivity contribution in [3.8, 4) is 28.4 Å². The Labute approximate surface area is 141 Å². The number of methoxy groups -OCH3 is 1. The summed E-state index contributed by atoms with van der Waals surface area (Å²) >= 11 is 0. The van der Waals surface area contributed by atoms with Crippen LogP contribution in [0.4, 0.5) is 0 Å². The van der Waals surface area contributed by atoms with Crippen LogP contribution in [0.2, 0.25) is 0 Å². The topological polar surface area (TPSA) is 93.1 Å². The Morgan fingerprint density at radius 1 is 0.840 bits per heavy atom. The number of rotatable bonds is 2. The van der Waals surface area contributed by atoms with Crippen molar-refractivity contribution < 1.29 is 29.3 Å². The van der Waals surface area contributed by atoms with Gasteiger partial charge in [-0.3, -0.25) is 0 Å². The molecule has 1 aliphatic rings. The molecule has 4 rings (SSSR count). The Balaban J connectivity index is 2.19. The molecule has 1 heterocycles. The molecule has 6 heteroatoms. The number of hydrogen-bond acceptors (Lipinski definition) is 6. The van der Waals surface area contributed by atoms with Crippen molar-refractivity contribution in [1.82, 2.24) is 0 Å². The van der Waals surface area contributed by atoms with E-state index in [1.807, 2.05) is 0 Å². The summed E-state index contributed by atoms with van der Waals surface area (Å²) in [5, 5.41) is 20.6. The van der Waals surface area contributed by atoms with Crippen LogP contribution in [0.25, 0.3) is 21.9 Å². The van der Waals surface area contributed by atoms with Crippen molar-refractivity contribution in [2.45, 2.75) is 0 Å². The van der Waals surface area contributed by atoms with Crippen LogP contribution >= 0.6 is 0 Å². The number of ether oxygens (including phenoxy) is 2. The lowest BCUT2D eigenvalue weighted by Crippen LogP contribution is -2.20. The molecule has 0 saturated heterocycles. The normalized spacial score (nSPS) is 13.0. The molecular formula is C19H12O6. The summed E-state index contributed by atoms with van der Waals surface area (Å²) < 4.78 is 10.1. The van der Waals surface area contributed by atoms with Crippen molar-refractivity contribution in [3.05, 3.63) is 53.6 Å². The summed E-state index contributed by atoms with van der Waals surface area (Å²) in [5.41, 5.74) is 1.70. The van der Waals surface area contributed by atoms with Gasteiger partial charge in [0.2, 0.25) is 0 Å². The molecule has 0 aromatic heterocycles. The molecule has 0 amide bonds.